The molecule has 2 N–H and O–H groups in total. The van der Waals surface area contributed by atoms with Crippen LogP contribution in [-0.4, -0.2) is 36.4 Å². The molecule has 0 unspecified atom stereocenters. The van der Waals surface area contributed by atoms with Crippen LogP contribution in [-0.2, 0) is 9.53 Å². The zero-order valence-electron chi connectivity index (χ0n) is 9.80. The number of amides is 1. The van der Waals surface area contributed by atoms with Gasteiger partial charge in [-0.25, -0.2) is 0 Å². The van der Waals surface area contributed by atoms with Crippen molar-refractivity contribution in [2.75, 3.05) is 19.8 Å². The van der Waals surface area contributed by atoms with Crippen LogP contribution in [0.5, 0.6) is 0 Å². The molecule has 0 radical (unpaired) electrons. The Labute approximate surface area is 91.0 Å². The third-order valence-corrected chi connectivity index (χ3v) is 2.81. The van der Waals surface area contributed by atoms with Crippen molar-refractivity contribution in [3.8, 4) is 0 Å². The van der Waals surface area contributed by atoms with Crippen molar-refractivity contribution in [2.45, 2.75) is 39.2 Å². The molecule has 1 fully saturated rings. The molecule has 0 aromatic carbocycles. The van der Waals surface area contributed by atoms with Crippen LogP contribution in [0.2, 0.25) is 0 Å². The highest BCUT2D eigenvalue weighted by Crippen LogP contribution is 2.23. The van der Waals surface area contributed by atoms with Gasteiger partial charge in [0.1, 0.15) is 0 Å². The molecular formula is C11H21NO3. The first-order chi connectivity index (χ1) is 6.90. The summed E-state index contributed by atoms with van der Waals surface area (Å²) in [6, 6.07) is 0. The molecule has 0 spiro atoms. The fourth-order valence-electron chi connectivity index (χ4n) is 1.51. The number of carbonyl (C=O) groups is 1. The minimum absolute atomic E-state index is 0.0153. The number of carbonyl (C=O) groups excluding carboxylic acids is 1. The normalized spacial score (nSPS) is 21.1. The van der Waals surface area contributed by atoms with E-state index in [0.717, 1.165) is 0 Å². The van der Waals surface area contributed by atoms with E-state index in [1.165, 1.54) is 0 Å². The lowest BCUT2D eigenvalue weighted by Crippen LogP contribution is -2.57. The minimum atomic E-state index is -0.470. The maximum absolute atomic E-state index is 11.8. The molecule has 1 amide bonds. The van der Waals surface area contributed by atoms with Crippen LogP contribution in [0.3, 0.4) is 0 Å². The predicted octanol–water partition coefficient (Wildman–Crippen LogP) is 0.690. The van der Waals surface area contributed by atoms with Gasteiger partial charge in [0.15, 0.2) is 0 Å². The van der Waals surface area contributed by atoms with E-state index < -0.39 is 11.0 Å². The van der Waals surface area contributed by atoms with Crippen LogP contribution in [0.4, 0.5) is 0 Å². The lowest BCUT2D eigenvalue weighted by Gasteiger charge is -2.38. The van der Waals surface area contributed by atoms with E-state index in [9.17, 15) is 9.90 Å². The topological polar surface area (TPSA) is 58.6 Å². The van der Waals surface area contributed by atoms with Gasteiger partial charge in [-0.1, -0.05) is 20.8 Å². The van der Waals surface area contributed by atoms with E-state index in [2.05, 4.69) is 5.32 Å². The van der Waals surface area contributed by atoms with E-state index in [0.29, 0.717) is 26.1 Å². The minimum Gasteiger partial charge on any atom is -0.394 e. The molecule has 88 valence electrons. The predicted molar refractivity (Wildman–Crippen MR) is 57.5 cm³/mol. The Balaban J connectivity index is 2.63. The van der Waals surface area contributed by atoms with Crippen LogP contribution in [0, 0.1) is 5.41 Å². The van der Waals surface area contributed by atoms with Gasteiger partial charge in [-0.15, -0.1) is 0 Å². The number of hydrogen-bond donors (Lipinski definition) is 2. The first kappa shape index (κ1) is 12.5. The van der Waals surface area contributed by atoms with Crippen LogP contribution < -0.4 is 5.32 Å². The number of hydrogen-bond acceptors (Lipinski definition) is 3. The van der Waals surface area contributed by atoms with Gasteiger partial charge in [-0.2, -0.15) is 0 Å². The van der Waals surface area contributed by atoms with Gasteiger partial charge in [0.25, 0.3) is 0 Å². The largest absolute Gasteiger partial charge is 0.394 e. The summed E-state index contributed by atoms with van der Waals surface area (Å²) >= 11 is 0. The molecule has 4 heteroatoms. The summed E-state index contributed by atoms with van der Waals surface area (Å²) in [7, 11) is 0. The Bertz CT molecular complexity index is 226. The van der Waals surface area contributed by atoms with Crippen molar-refractivity contribution >= 4 is 5.91 Å². The van der Waals surface area contributed by atoms with Crippen molar-refractivity contribution in [1.82, 2.24) is 5.32 Å². The molecular weight excluding hydrogens is 194 g/mol. The molecule has 0 aromatic rings. The Morgan fingerprint density at radius 1 is 1.40 bits per heavy atom. The Morgan fingerprint density at radius 2 is 1.93 bits per heavy atom. The fraction of sp³-hybridized carbons (Fsp3) is 0.909. The Morgan fingerprint density at radius 3 is 2.33 bits per heavy atom. The van der Waals surface area contributed by atoms with Gasteiger partial charge in [0, 0.05) is 18.6 Å². The first-order valence-electron chi connectivity index (χ1n) is 5.41. The maximum atomic E-state index is 11.8. The molecule has 1 rings (SSSR count). The molecule has 0 saturated carbocycles. The molecule has 15 heavy (non-hydrogen) atoms. The van der Waals surface area contributed by atoms with Gasteiger partial charge >= 0.3 is 0 Å². The van der Waals surface area contributed by atoms with Crippen LogP contribution in [0.15, 0.2) is 0 Å². The highest BCUT2D eigenvalue weighted by Gasteiger charge is 2.36. The Hall–Kier alpha value is -0.610. The second kappa shape index (κ2) is 4.49. The van der Waals surface area contributed by atoms with Gasteiger partial charge in [0.2, 0.25) is 5.91 Å². The van der Waals surface area contributed by atoms with Crippen molar-refractivity contribution in [3.05, 3.63) is 0 Å². The second-order valence-corrected chi connectivity index (χ2v) is 5.25. The summed E-state index contributed by atoms with van der Waals surface area (Å²) in [5, 5.41) is 12.3. The summed E-state index contributed by atoms with van der Waals surface area (Å²) in [5.74, 6) is -0.0153. The van der Waals surface area contributed by atoms with Crippen LogP contribution in [0.25, 0.3) is 0 Å². The Kier molecular flexibility index (Phi) is 3.73. The lowest BCUT2D eigenvalue weighted by atomic mass is 9.87. The quantitative estimate of drug-likeness (QED) is 0.712. The van der Waals surface area contributed by atoms with Crippen LogP contribution in [0.1, 0.15) is 33.6 Å². The van der Waals surface area contributed by atoms with Gasteiger partial charge in [0.05, 0.1) is 12.1 Å². The average Bonchev–Trinajstić information content (AvgIpc) is 2.18. The van der Waals surface area contributed by atoms with Crippen molar-refractivity contribution in [3.63, 3.8) is 0 Å². The third-order valence-electron chi connectivity index (χ3n) is 2.81. The number of rotatable bonds is 2. The zero-order valence-corrected chi connectivity index (χ0v) is 9.80. The lowest BCUT2D eigenvalue weighted by molar-refractivity contribution is -0.132. The summed E-state index contributed by atoms with van der Waals surface area (Å²) in [6.45, 7) is 6.79. The highest BCUT2D eigenvalue weighted by atomic mass is 16.5. The summed E-state index contributed by atoms with van der Waals surface area (Å²) in [5.41, 5.74) is -0.886. The molecule has 0 atom stereocenters. The number of aliphatic hydroxyl groups excluding tert-OH is 1. The summed E-state index contributed by atoms with van der Waals surface area (Å²) in [6.07, 6.45) is 1.37. The second-order valence-electron chi connectivity index (χ2n) is 5.25. The zero-order chi connectivity index (χ0) is 11.5. The third kappa shape index (κ3) is 3.18. The summed E-state index contributed by atoms with van der Waals surface area (Å²) < 4.78 is 5.23. The van der Waals surface area contributed by atoms with E-state index in [4.69, 9.17) is 4.74 Å². The van der Waals surface area contributed by atoms with E-state index in [1.807, 2.05) is 20.8 Å². The van der Waals surface area contributed by atoms with Gasteiger partial charge < -0.3 is 15.2 Å². The van der Waals surface area contributed by atoms with Crippen LogP contribution >= 0.6 is 0 Å². The fourth-order valence-corrected chi connectivity index (χ4v) is 1.51. The standard InChI is InChI=1S/C11H21NO3/c1-10(2,3)9(14)12-11(8-13)4-6-15-7-5-11/h13H,4-8H2,1-3H3,(H,12,14). The molecule has 0 aromatic heterocycles. The van der Waals surface area contributed by atoms with E-state index in [1.54, 1.807) is 0 Å². The first-order valence-corrected chi connectivity index (χ1v) is 5.41. The van der Waals surface area contributed by atoms with Gasteiger partial charge in [-0.3, -0.25) is 4.79 Å². The number of aliphatic hydroxyl groups is 1. The molecule has 0 bridgehead atoms. The SMILES string of the molecule is CC(C)(C)C(=O)NC1(CO)CCOCC1. The number of ether oxygens (including phenoxy) is 1. The molecule has 0 aliphatic carbocycles. The molecule has 1 saturated heterocycles. The molecule has 1 heterocycles. The summed E-state index contributed by atoms with van der Waals surface area (Å²) in [4.78, 5) is 11.8. The van der Waals surface area contributed by atoms with E-state index >= 15 is 0 Å². The number of nitrogens with one attached hydrogen (secondary N) is 1. The molecule has 1 aliphatic heterocycles. The molecule has 4 nitrogen and oxygen atoms in total. The smallest absolute Gasteiger partial charge is 0.225 e. The van der Waals surface area contributed by atoms with Crippen molar-refractivity contribution in [1.29, 1.82) is 0 Å². The maximum Gasteiger partial charge on any atom is 0.225 e. The van der Waals surface area contributed by atoms with Gasteiger partial charge in [-0.05, 0) is 12.8 Å². The molecule has 1 aliphatic rings. The average molecular weight is 215 g/mol. The highest BCUT2D eigenvalue weighted by molar-refractivity contribution is 5.82. The van der Waals surface area contributed by atoms with Crippen molar-refractivity contribution in [2.24, 2.45) is 5.41 Å². The van der Waals surface area contributed by atoms with Crippen molar-refractivity contribution < 1.29 is 14.6 Å². The van der Waals surface area contributed by atoms with E-state index in [-0.39, 0.29) is 12.5 Å². The monoisotopic (exact) mass is 215 g/mol.